The number of benzene rings is 1. The number of carbonyl (C=O) groups excluding carboxylic acids is 2. The van der Waals surface area contributed by atoms with E-state index in [1.165, 1.54) is 0 Å². The predicted octanol–water partition coefficient (Wildman–Crippen LogP) is 1.39. The van der Waals surface area contributed by atoms with Gasteiger partial charge >= 0.3 is 6.03 Å². The molecule has 1 aliphatic heterocycles. The van der Waals surface area contributed by atoms with Crippen LogP contribution in [0.1, 0.15) is 23.2 Å². The zero-order valence-electron chi connectivity index (χ0n) is 10.9. The first kappa shape index (κ1) is 14.5. The lowest BCUT2D eigenvalue weighted by Gasteiger charge is -2.31. The van der Waals surface area contributed by atoms with Crippen molar-refractivity contribution in [2.45, 2.75) is 18.9 Å². The summed E-state index contributed by atoms with van der Waals surface area (Å²) in [5.41, 5.74) is 11.6. The fourth-order valence-electron chi connectivity index (χ4n) is 2.28. The molecule has 0 unspecified atom stereocenters. The van der Waals surface area contributed by atoms with Gasteiger partial charge in [0.1, 0.15) is 0 Å². The molecule has 0 spiro atoms. The number of hydrogen-bond acceptors (Lipinski definition) is 3. The number of nitrogens with zero attached hydrogens (tertiary/aromatic N) is 1. The van der Waals surface area contributed by atoms with Crippen LogP contribution in [0.15, 0.2) is 18.2 Å². The number of anilines is 1. The molecule has 0 saturated carbocycles. The topological polar surface area (TPSA) is 101 Å². The van der Waals surface area contributed by atoms with Crippen molar-refractivity contribution in [2.24, 2.45) is 11.5 Å². The predicted molar refractivity (Wildman–Crippen MR) is 77.8 cm³/mol. The highest BCUT2D eigenvalue weighted by Crippen LogP contribution is 2.23. The second kappa shape index (κ2) is 6.00. The van der Waals surface area contributed by atoms with Gasteiger partial charge in [-0.3, -0.25) is 4.79 Å². The Kier molecular flexibility index (Phi) is 4.34. The zero-order valence-corrected chi connectivity index (χ0v) is 11.7. The Morgan fingerprint density at radius 1 is 1.25 bits per heavy atom. The molecule has 0 atom stereocenters. The van der Waals surface area contributed by atoms with Gasteiger partial charge in [-0.25, -0.2) is 4.79 Å². The van der Waals surface area contributed by atoms with Crippen LogP contribution in [0.5, 0.6) is 0 Å². The molecule has 2 rings (SSSR count). The molecule has 1 fully saturated rings. The van der Waals surface area contributed by atoms with Crippen molar-refractivity contribution >= 4 is 29.2 Å². The van der Waals surface area contributed by atoms with E-state index in [1.807, 2.05) is 0 Å². The summed E-state index contributed by atoms with van der Waals surface area (Å²) in [4.78, 5) is 23.7. The first-order valence-electron chi connectivity index (χ1n) is 6.37. The van der Waals surface area contributed by atoms with Crippen molar-refractivity contribution in [3.63, 3.8) is 0 Å². The number of rotatable bonds is 3. The summed E-state index contributed by atoms with van der Waals surface area (Å²) in [6.07, 6.45) is 1.64. The quantitative estimate of drug-likeness (QED) is 0.785. The van der Waals surface area contributed by atoms with Gasteiger partial charge in [0.15, 0.2) is 0 Å². The normalized spacial score (nSPS) is 15.9. The van der Waals surface area contributed by atoms with Gasteiger partial charge < -0.3 is 21.7 Å². The Hall–Kier alpha value is -1.95. The maximum absolute atomic E-state index is 11.1. The van der Waals surface area contributed by atoms with Crippen molar-refractivity contribution in [1.29, 1.82) is 0 Å². The van der Waals surface area contributed by atoms with E-state index in [9.17, 15) is 9.59 Å². The van der Waals surface area contributed by atoms with E-state index in [2.05, 4.69) is 5.32 Å². The molecule has 108 valence electrons. The van der Waals surface area contributed by atoms with Gasteiger partial charge in [-0.15, -0.1) is 0 Å². The van der Waals surface area contributed by atoms with Crippen molar-refractivity contribution in [3.8, 4) is 0 Å². The average molecular weight is 297 g/mol. The maximum Gasteiger partial charge on any atom is 0.314 e. The van der Waals surface area contributed by atoms with E-state index in [0.717, 1.165) is 18.5 Å². The second-order valence-corrected chi connectivity index (χ2v) is 5.21. The third kappa shape index (κ3) is 3.33. The maximum atomic E-state index is 11.1. The van der Waals surface area contributed by atoms with Gasteiger partial charge in [-0.05, 0) is 31.0 Å². The molecule has 7 heteroatoms. The van der Waals surface area contributed by atoms with Crippen LogP contribution in [-0.2, 0) is 0 Å². The van der Waals surface area contributed by atoms with Crippen LogP contribution in [0.3, 0.4) is 0 Å². The van der Waals surface area contributed by atoms with Crippen molar-refractivity contribution in [2.75, 3.05) is 18.4 Å². The summed E-state index contributed by atoms with van der Waals surface area (Å²) in [5, 5.41) is 3.66. The van der Waals surface area contributed by atoms with Crippen LogP contribution < -0.4 is 16.8 Å². The Morgan fingerprint density at radius 3 is 2.40 bits per heavy atom. The largest absolute Gasteiger partial charge is 0.382 e. The van der Waals surface area contributed by atoms with Crippen LogP contribution in [0.2, 0.25) is 5.02 Å². The molecule has 1 aromatic rings. The number of halogens is 1. The number of urea groups is 1. The molecule has 1 saturated heterocycles. The first-order valence-corrected chi connectivity index (χ1v) is 6.75. The Bertz CT molecular complexity index is 527. The van der Waals surface area contributed by atoms with E-state index in [0.29, 0.717) is 23.7 Å². The number of piperidine rings is 1. The number of primary amides is 2. The minimum absolute atomic E-state index is 0.251. The molecule has 1 aromatic carbocycles. The number of hydrogen-bond donors (Lipinski definition) is 3. The third-order valence-electron chi connectivity index (χ3n) is 3.41. The molecule has 1 aliphatic rings. The summed E-state index contributed by atoms with van der Waals surface area (Å²) in [5.74, 6) is -0.545. The minimum atomic E-state index is -0.545. The number of nitrogens with one attached hydrogen (secondary N) is 1. The van der Waals surface area contributed by atoms with Crippen LogP contribution in [-0.4, -0.2) is 36.0 Å². The van der Waals surface area contributed by atoms with Gasteiger partial charge in [-0.1, -0.05) is 11.6 Å². The first-order chi connectivity index (χ1) is 9.47. The molecule has 0 aromatic heterocycles. The van der Waals surface area contributed by atoms with Gasteiger partial charge in [0, 0.05) is 24.8 Å². The fourth-order valence-corrected chi connectivity index (χ4v) is 2.56. The van der Waals surface area contributed by atoms with Crippen LogP contribution in [0, 0.1) is 0 Å². The molecule has 0 radical (unpaired) electrons. The van der Waals surface area contributed by atoms with E-state index in [1.54, 1.807) is 23.1 Å². The lowest BCUT2D eigenvalue weighted by atomic mass is 10.0. The molecule has 6 nitrogen and oxygen atoms in total. The smallest absolute Gasteiger partial charge is 0.314 e. The van der Waals surface area contributed by atoms with Gasteiger partial charge in [0.2, 0.25) is 5.91 Å². The number of likely N-dealkylation sites (tertiary alicyclic amines) is 1. The number of carbonyl (C=O) groups is 2. The lowest BCUT2D eigenvalue weighted by molar-refractivity contribution is 0.100. The summed E-state index contributed by atoms with van der Waals surface area (Å²) in [7, 11) is 0. The van der Waals surface area contributed by atoms with Gasteiger partial charge in [-0.2, -0.15) is 0 Å². The van der Waals surface area contributed by atoms with Crippen molar-refractivity contribution in [1.82, 2.24) is 4.90 Å². The van der Waals surface area contributed by atoms with Crippen molar-refractivity contribution in [3.05, 3.63) is 28.8 Å². The van der Waals surface area contributed by atoms with E-state index in [4.69, 9.17) is 23.1 Å². The molecule has 5 N–H and O–H groups in total. The Balaban J connectivity index is 1.96. The third-order valence-corrected chi connectivity index (χ3v) is 3.72. The highest BCUT2D eigenvalue weighted by molar-refractivity contribution is 6.34. The lowest BCUT2D eigenvalue weighted by Crippen LogP contribution is -2.44. The summed E-state index contributed by atoms with van der Waals surface area (Å²) >= 11 is 6.00. The highest BCUT2D eigenvalue weighted by atomic mass is 35.5. The summed E-state index contributed by atoms with van der Waals surface area (Å²) in [6, 6.07) is 4.93. The van der Waals surface area contributed by atoms with Crippen LogP contribution >= 0.6 is 11.6 Å². The van der Waals surface area contributed by atoms with E-state index >= 15 is 0 Å². The number of nitrogens with two attached hydrogens (primary N) is 2. The summed E-state index contributed by atoms with van der Waals surface area (Å²) in [6.45, 7) is 1.28. The van der Waals surface area contributed by atoms with Crippen molar-refractivity contribution < 1.29 is 9.59 Å². The fraction of sp³-hybridized carbons (Fsp3) is 0.385. The highest BCUT2D eigenvalue weighted by Gasteiger charge is 2.21. The molecular weight excluding hydrogens is 280 g/mol. The zero-order chi connectivity index (χ0) is 14.7. The summed E-state index contributed by atoms with van der Waals surface area (Å²) < 4.78 is 0. The second-order valence-electron chi connectivity index (χ2n) is 4.80. The van der Waals surface area contributed by atoms with Gasteiger partial charge in [0.25, 0.3) is 0 Å². The molecule has 0 aliphatic carbocycles. The minimum Gasteiger partial charge on any atom is -0.382 e. The standard InChI is InChI=1S/C13H17ClN4O2/c14-11-7-9(1-2-10(11)12(15)19)17-8-3-5-18(6-4-8)13(16)20/h1-2,7-8,17H,3-6H2,(H2,15,19)(H2,16,20). The SMILES string of the molecule is NC(=O)c1ccc(NC2CCN(C(N)=O)CC2)cc1Cl. The van der Waals surface area contributed by atoms with Crippen LogP contribution in [0.4, 0.5) is 10.5 Å². The molecular formula is C13H17ClN4O2. The van der Waals surface area contributed by atoms with Gasteiger partial charge in [0.05, 0.1) is 10.6 Å². The molecule has 0 bridgehead atoms. The Labute approximate surface area is 122 Å². The Morgan fingerprint density at radius 2 is 1.90 bits per heavy atom. The molecule has 1 heterocycles. The van der Waals surface area contributed by atoms with Crippen LogP contribution in [0.25, 0.3) is 0 Å². The van der Waals surface area contributed by atoms with E-state index in [-0.39, 0.29) is 12.1 Å². The monoisotopic (exact) mass is 296 g/mol. The van der Waals surface area contributed by atoms with E-state index < -0.39 is 5.91 Å². The molecule has 3 amide bonds. The molecule has 20 heavy (non-hydrogen) atoms. The average Bonchev–Trinajstić information content (AvgIpc) is 2.39. The number of amides is 3.